The minimum absolute atomic E-state index is 0.00310. The van der Waals surface area contributed by atoms with E-state index in [2.05, 4.69) is 11.9 Å². The molecule has 1 aromatic rings. The Hall–Kier alpha value is -1.83. The van der Waals surface area contributed by atoms with Gasteiger partial charge in [0, 0.05) is 35.1 Å². The summed E-state index contributed by atoms with van der Waals surface area (Å²) in [5.41, 5.74) is 0.814. The summed E-state index contributed by atoms with van der Waals surface area (Å²) < 4.78 is 11.5. The molecule has 2 aliphatic heterocycles. The summed E-state index contributed by atoms with van der Waals surface area (Å²) in [5.74, 6) is -1.42. The number of ether oxygens (including phenoxy) is 2. The van der Waals surface area contributed by atoms with Crippen molar-refractivity contribution in [3.8, 4) is 0 Å². The van der Waals surface area contributed by atoms with Gasteiger partial charge in [-0.2, -0.15) is 0 Å². The molecule has 6 nitrogen and oxygen atoms in total. The number of aromatic nitrogens is 1. The number of aliphatic hydroxyl groups is 1. The van der Waals surface area contributed by atoms with Gasteiger partial charge in [0.05, 0.1) is 17.3 Å². The fourth-order valence-electron chi connectivity index (χ4n) is 4.98. The van der Waals surface area contributed by atoms with Crippen LogP contribution in [0.2, 0.25) is 0 Å². The Morgan fingerprint density at radius 3 is 2.62 bits per heavy atom. The van der Waals surface area contributed by atoms with Crippen LogP contribution in [0.4, 0.5) is 0 Å². The van der Waals surface area contributed by atoms with E-state index in [1.54, 1.807) is 17.4 Å². The standard InChI is InChI=1S/C27H39NO5S/c1-17-8-7-9-21-15-32-27(21,31)14-23(18(2)13-22-16-34-20(4)28-22)33-24(29)10-11-26(5,6)25(30)19(3)12-17/h10-11,13,16-17,19,21,23,31H,7-9,12,14-15H2,1-6H3/b11-10+,18-13?. The highest BCUT2D eigenvalue weighted by molar-refractivity contribution is 7.09. The zero-order valence-corrected chi connectivity index (χ0v) is 22.1. The highest BCUT2D eigenvalue weighted by Gasteiger charge is 2.48. The van der Waals surface area contributed by atoms with Crippen molar-refractivity contribution >= 4 is 29.2 Å². The zero-order chi connectivity index (χ0) is 25.1. The van der Waals surface area contributed by atoms with E-state index in [4.69, 9.17) is 9.47 Å². The molecule has 0 aromatic carbocycles. The number of rotatable bonds is 2. The molecular weight excluding hydrogens is 450 g/mol. The van der Waals surface area contributed by atoms with Crippen molar-refractivity contribution < 1.29 is 24.2 Å². The van der Waals surface area contributed by atoms with Crippen LogP contribution in [0.25, 0.3) is 6.08 Å². The van der Waals surface area contributed by atoms with Gasteiger partial charge in [-0.05, 0) is 58.1 Å². The van der Waals surface area contributed by atoms with E-state index < -0.39 is 23.3 Å². The van der Waals surface area contributed by atoms with Crippen LogP contribution >= 0.6 is 11.3 Å². The third kappa shape index (κ3) is 6.64. The van der Waals surface area contributed by atoms with Gasteiger partial charge in [0.25, 0.3) is 0 Å². The van der Waals surface area contributed by atoms with Crippen LogP contribution in [0.5, 0.6) is 0 Å². The van der Waals surface area contributed by atoms with Gasteiger partial charge in [0.1, 0.15) is 11.9 Å². The molecule has 0 amide bonds. The molecule has 188 valence electrons. The average Bonchev–Trinajstić information content (AvgIpc) is 3.17. The molecular formula is C27H39NO5S. The number of ketones is 1. The number of hydrogen-bond acceptors (Lipinski definition) is 7. The number of esters is 1. The summed E-state index contributed by atoms with van der Waals surface area (Å²) in [7, 11) is 0. The van der Waals surface area contributed by atoms with E-state index in [1.807, 2.05) is 46.1 Å². The van der Waals surface area contributed by atoms with Crippen molar-refractivity contribution in [1.82, 2.24) is 4.98 Å². The number of nitrogens with zero attached hydrogens (tertiary/aromatic N) is 1. The minimum Gasteiger partial charge on any atom is -0.454 e. The number of cyclic esters (lactones) is 1. The molecule has 7 heteroatoms. The van der Waals surface area contributed by atoms with E-state index in [9.17, 15) is 14.7 Å². The van der Waals surface area contributed by atoms with E-state index in [1.165, 1.54) is 6.08 Å². The van der Waals surface area contributed by atoms with Crippen LogP contribution in [0.3, 0.4) is 0 Å². The lowest BCUT2D eigenvalue weighted by atomic mass is 9.77. The number of aryl methyl sites for hydroxylation is 1. The second kappa shape index (κ2) is 10.8. The number of allylic oxidation sites excluding steroid dienone is 1. The fourth-order valence-corrected chi connectivity index (χ4v) is 5.55. The zero-order valence-electron chi connectivity index (χ0n) is 21.3. The van der Waals surface area contributed by atoms with Crippen LogP contribution in [-0.4, -0.2) is 40.3 Å². The summed E-state index contributed by atoms with van der Waals surface area (Å²) in [4.78, 5) is 30.3. The Morgan fingerprint density at radius 2 is 2.00 bits per heavy atom. The van der Waals surface area contributed by atoms with Crippen molar-refractivity contribution in [2.24, 2.45) is 23.2 Å². The molecule has 2 aliphatic rings. The molecule has 1 aromatic heterocycles. The second-order valence-corrected chi connectivity index (χ2v) is 11.8. The predicted octanol–water partition coefficient (Wildman–Crippen LogP) is 5.49. The third-order valence-electron chi connectivity index (χ3n) is 7.15. The number of fused-ring (bicyclic) bond motifs is 1. The topological polar surface area (TPSA) is 85.7 Å². The van der Waals surface area contributed by atoms with Gasteiger partial charge in [-0.15, -0.1) is 11.3 Å². The summed E-state index contributed by atoms with van der Waals surface area (Å²) >= 11 is 1.55. The highest BCUT2D eigenvalue weighted by atomic mass is 32.1. The van der Waals surface area contributed by atoms with Crippen molar-refractivity contribution in [2.45, 2.75) is 85.5 Å². The van der Waals surface area contributed by atoms with Gasteiger partial charge >= 0.3 is 5.97 Å². The smallest absolute Gasteiger partial charge is 0.331 e. The van der Waals surface area contributed by atoms with Gasteiger partial charge < -0.3 is 14.6 Å². The molecule has 5 unspecified atom stereocenters. The Bertz CT molecular complexity index is 949. The molecule has 1 N–H and O–H groups in total. The van der Waals surface area contributed by atoms with Crippen molar-refractivity contribution in [1.29, 1.82) is 0 Å². The molecule has 0 bridgehead atoms. The van der Waals surface area contributed by atoms with Crippen molar-refractivity contribution in [3.63, 3.8) is 0 Å². The molecule has 3 rings (SSSR count). The molecule has 3 heterocycles. The first-order chi connectivity index (χ1) is 15.9. The largest absolute Gasteiger partial charge is 0.454 e. The van der Waals surface area contributed by atoms with Gasteiger partial charge in [-0.25, -0.2) is 9.78 Å². The molecule has 5 atom stereocenters. The van der Waals surface area contributed by atoms with E-state index in [0.29, 0.717) is 12.5 Å². The monoisotopic (exact) mass is 489 g/mol. The number of carbonyl (C=O) groups is 2. The maximum Gasteiger partial charge on any atom is 0.331 e. The first-order valence-corrected chi connectivity index (χ1v) is 13.2. The maximum atomic E-state index is 13.1. The lowest BCUT2D eigenvalue weighted by molar-refractivity contribution is -0.336. The Morgan fingerprint density at radius 1 is 1.26 bits per heavy atom. The molecule has 0 aliphatic carbocycles. The summed E-state index contributed by atoms with van der Waals surface area (Å²) in [5, 5.41) is 14.1. The van der Waals surface area contributed by atoms with Crippen LogP contribution in [0, 0.1) is 30.1 Å². The Kier molecular flexibility index (Phi) is 8.53. The first kappa shape index (κ1) is 26.8. The first-order valence-electron chi connectivity index (χ1n) is 12.3. The molecule has 0 spiro atoms. The molecule has 0 radical (unpaired) electrons. The lowest BCUT2D eigenvalue weighted by Gasteiger charge is -2.46. The van der Waals surface area contributed by atoms with Crippen LogP contribution in [-0.2, 0) is 19.1 Å². The van der Waals surface area contributed by atoms with E-state index in [0.717, 1.165) is 42.0 Å². The summed E-state index contributed by atoms with van der Waals surface area (Å²) in [6.45, 7) is 12.2. The third-order valence-corrected chi connectivity index (χ3v) is 7.94. The van der Waals surface area contributed by atoms with E-state index in [-0.39, 0.29) is 24.0 Å². The summed E-state index contributed by atoms with van der Waals surface area (Å²) in [6.07, 6.45) is 7.97. The van der Waals surface area contributed by atoms with Gasteiger partial charge in [-0.3, -0.25) is 4.79 Å². The van der Waals surface area contributed by atoms with Gasteiger partial charge in [0.15, 0.2) is 5.79 Å². The second-order valence-electron chi connectivity index (χ2n) is 10.8. The molecule has 0 saturated carbocycles. The Labute approximate surface area is 207 Å². The Balaban J connectivity index is 1.88. The van der Waals surface area contributed by atoms with Crippen LogP contribution in [0.1, 0.15) is 77.4 Å². The number of thiazole rings is 1. The average molecular weight is 490 g/mol. The van der Waals surface area contributed by atoms with Crippen LogP contribution in [0.15, 0.2) is 23.1 Å². The van der Waals surface area contributed by atoms with Crippen molar-refractivity contribution in [2.75, 3.05) is 6.61 Å². The quantitative estimate of drug-likeness (QED) is 0.553. The lowest BCUT2D eigenvalue weighted by Crippen LogP contribution is -2.55. The van der Waals surface area contributed by atoms with Gasteiger partial charge in [0.2, 0.25) is 0 Å². The molecule has 1 fully saturated rings. The van der Waals surface area contributed by atoms with Crippen molar-refractivity contribution in [3.05, 3.63) is 33.8 Å². The number of hydrogen-bond donors (Lipinski definition) is 1. The normalized spacial score (nSPS) is 34.6. The minimum atomic E-state index is -1.31. The molecule has 34 heavy (non-hydrogen) atoms. The molecule has 1 saturated heterocycles. The number of Topliss-reactive ketones (excluding diaryl/α,β-unsaturated/α-hetero) is 1. The number of carbonyl (C=O) groups excluding carboxylic acids is 2. The van der Waals surface area contributed by atoms with Gasteiger partial charge in [-0.1, -0.05) is 32.8 Å². The predicted molar refractivity (Wildman–Crippen MR) is 134 cm³/mol. The maximum absolute atomic E-state index is 13.1. The SMILES string of the molecule is CC(=Cc1csc(C)n1)C1CC2(O)OCC2CCCC(C)CC(C)C(=O)C(C)(C)/C=C/C(=O)O1. The summed E-state index contributed by atoms with van der Waals surface area (Å²) in [6, 6.07) is 0. The van der Waals surface area contributed by atoms with Crippen LogP contribution < -0.4 is 0 Å². The van der Waals surface area contributed by atoms with E-state index >= 15 is 0 Å². The highest BCUT2D eigenvalue weighted by Crippen LogP contribution is 2.40. The fraction of sp³-hybridized carbons (Fsp3) is 0.667.